The number of aliphatic hydroxyl groups is 1. The van der Waals surface area contributed by atoms with Crippen molar-refractivity contribution in [3.05, 3.63) is 0 Å². The van der Waals surface area contributed by atoms with E-state index in [0.29, 0.717) is 0 Å². The van der Waals surface area contributed by atoms with Crippen molar-refractivity contribution in [2.45, 2.75) is 70.9 Å². The number of methoxy groups -OCH3 is 1. The maximum absolute atomic E-state index is 10.4. The summed E-state index contributed by atoms with van der Waals surface area (Å²) < 4.78 is 11.3. The molecule has 16 heavy (non-hydrogen) atoms. The van der Waals surface area contributed by atoms with E-state index in [1.165, 1.54) is 0 Å². The summed E-state index contributed by atoms with van der Waals surface area (Å²) in [7, 11) is 1.66. The molecule has 0 bridgehead atoms. The fraction of sp³-hybridized carbons (Fsp3) is 1.00. The van der Waals surface area contributed by atoms with Gasteiger partial charge in [0.15, 0.2) is 0 Å². The maximum Gasteiger partial charge on any atom is 0.0858 e. The van der Waals surface area contributed by atoms with E-state index < -0.39 is 6.10 Å². The molecule has 3 heteroatoms. The minimum atomic E-state index is -0.452. The first kappa shape index (κ1) is 13.9. The zero-order valence-electron chi connectivity index (χ0n) is 11.4. The highest BCUT2D eigenvalue weighted by molar-refractivity contribution is 4.98. The largest absolute Gasteiger partial charge is 0.390 e. The molecule has 96 valence electrons. The van der Waals surface area contributed by atoms with Crippen LogP contribution in [0.25, 0.3) is 0 Å². The molecule has 0 amide bonds. The van der Waals surface area contributed by atoms with Crippen molar-refractivity contribution >= 4 is 0 Å². The third-order valence-electron chi connectivity index (χ3n) is 3.64. The summed E-state index contributed by atoms with van der Waals surface area (Å²) in [5, 5.41) is 10.4. The van der Waals surface area contributed by atoms with Crippen molar-refractivity contribution in [3.63, 3.8) is 0 Å². The van der Waals surface area contributed by atoms with Crippen LogP contribution in [0.2, 0.25) is 0 Å². The second-order valence-electron chi connectivity index (χ2n) is 5.95. The van der Waals surface area contributed by atoms with Crippen molar-refractivity contribution in [1.29, 1.82) is 0 Å². The van der Waals surface area contributed by atoms with E-state index in [-0.39, 0.29) is 23.2 Å². The Hall–Kier alpha value is -0.120. The van der Waals surface area contributed by atoms with Gasteiger partial charge >= 0.3 is 0 Å². The molecule has 0 aromatic rings. The molecular formula is C13H26O3. The van der Waals surface area contributed by atoms with Gasteiger partial charge in [-0.05, 0) is 40.5 Å². The molecule has 0 aliphatic carbocycles. The monoisotopic (exact) mass is 230 g/mol. The molecule has 1 rings (SSSR count). The summed E-state index contributed by atoms with van der Waals surface area (Å²) in [5.74, 6) is 0.132. The lowest BCUT2D eigenvalue weighted by Gasteiger charge is -2.33. The van der Waals surface area contributed by atoms with E-state index in [4.69, 9.17) is 9.47 Å². The number of hydrogen-bond acceptors (Lipinski definition) is 3. The summed E-state index contributed by atoms with van der Waals surface area (Å²) >= 11 is 0. The summed E-state index contributed by atoms with van der Waals surface area (Å²) in [5.41, 5.74) is -0.434. The van der Waals surface area contributed by atoms with Crippen LogP contribution in [0.4, 0.5) is 0 Å². The Kier molecular flexibility index (Phi) is 4.04. The Morgan fingerprint density at radius 1 is 1.38 bits per heavy atom. The van der Waals surface area contributed by atoms with Gasteiger partial charge < -0.3 is 14.6 Å². The lowest BCUT2D eigenvalue weighted by Crippen LogP contribution is -2.43. The van der Waals surface area contributed by atoms with Crippen LogP contribution in [-0.4, -0.2) is 35.6 Å². The van der Waals surface area contributed by atoms with Gasteiger partial charge in [0.2, 0.25) is 0 Å². The first-order chi connectivity index (χ1) is 7.23. The van der Waals surface area contributed by atoms with Crippen LogP contribution >= 0.6 is 0 Å². The zero-order valence-corrected chi connectivity index (χ0v) is 11.4. The summed E-state index contributed by atoms with van der Waals surface area (Å²) in [6.45, 7) is 10.3. The predicted molar refractivity (Wildman–Crippen MR) is 64.4 cm³/mol. The van der Waals surface area contributed by atoms with Crippen LogP contribution in [0, 0.1) is 5.92 Å². The Bertz CT molecular complexity index is 231. The average molecular weight is 230 g/mol. The molecule has 1 heterocycles. The van der Waals surface area contributed by atoms with Gasteiger partial charge in [0.1, 0.15) is 0 Å². The van der Waals surface area contributed by atoms with E-state index >= 15 is 0 Å². The zero-order chi connectivity index (χ0) is 12.6. The number of ether oxygens (including phenoxy) is 2. The second kappa shape index (κ2) is 4.63. The van der Waals surface area contributed by atoms with E-state index in [0.717, 1.165) is 12.8 Å². The van der Waals surface area contributed by atoms with Crippen LogP contribution in [0.3, 0.4) is 0 Å². The van der Waals surface area contributed by atoms with Gasteiger partial charge in [-0.1, -0.05) is 6.92 Å². The average Bonchev–Trinajstić information content (AvgIpc) is 2.36. The Morgan fingerprint density at radius 2 is 1.94 bits per heavy atom. The van der Waals surface area contributed by atoms with E-state index in [9.17, 15) is 5.11 Å². The smallest absolute Gasteiger partial charge is 0.0858 e. The van der Waals surface area contributed by atoms with Crippen LogP contribution in [0.15, 0.2) is 0 Å². The van der Waals surface area contributed by atoms with Crippen molar-refractivity contribution in [2.75, 3.05) is 7.11 Å². The van der Waals surface area contributed by atoms with Crippen LogP contribution in [0.1, 0.15) is 47.5 Å². The standard InChI is InChI=1S/C13H26O3/c1-7-10(15-6)11(14)9-8-12(2,3)16-13(9,4)5/h9-11,14H,7-8H2,1-6H3. The van der Waals surface area contributed by atoms with Gasteiger partial charge in [0.05, 0.1) is 23.4 Å². The lowest BCUT2D eigenvalue weighted by molar-refractivity contribution is -0.109. The summed E-state index contributed by atoms with van der Waals surface area (Å²) in [6, 6.07) is 0. The molecule has 0 aromatic heterocycles. The molecule has 1 fully saturated rings. The molecule has 1 saturated heterocycles. The normalized spacial score (nSPS) is 31.3. The highest BCUT2D eigenvalue weighted by Crippen LogP contribution is 2.44. The van der Waals surface area contributed by atoms with Crippen LogP contribution in [0.5, 0.6) is 0 Å². The van der Waals surface area contributed by atoms with Gasteiger partial charge in [0.25, 0.3) is 0 Å². The molecule has 0 radical (unpaired) electrons. The molecular weight excluding hydrogens is 204 g/mol. The van der Waals surface area contributed by atoms with Crippen molar-refractivity contribution in [2.24, 2.45) is 5.92 Å². The number of aliphatic hydroxyl groups excluding tert-OH is 1. The minimum Gasteiger partial charge on any atom is -0.390 e. The molecule has 1 aliphatic rings. The van der Waals surface area contributed by atoms with Crippen molar-refractivity contribution in [3.8, 4) is 0 Å². The van der Waals surface area contributed by atoms with Crippen LogP contribution in [-0.2, 0) is 9.47 Å². The number of rotatable bonds is 4. The minimum absolute atomic E-state index is 0.0956. The molecule has 1 aliphatic heterocycles. The van der Waals surface area contributed by atoms with Crippen molar-refractivity contribution < 1.29 is 14.6 Å². The second-order valence-corrected chi connectivity index (χ2v) is 5.95. The van der Waals surface area contributed by atoms with Crippen LogP contribution < -0.4 is 0 Å². The molecule has 3 nitrogen and oxygen atoms in total. The van der Waals surface area contributed by atoms with E-state index in [2.05, 4.69) is 27.7 Å². The molecule has 0 saturated carbocycles. The molecule has 0 spiro atoms. The Labute approximate surface area is 99.1 Å². The van der Waals surface area contributed by atoms with E-state index in [1.807, 2.05) is 6.92 Å². The number of hydrogen-bond donors (Lipinski definition) is 1. The SMILES string of the molecule is CCC(OC)C(O)C1CC(C)(C)OC1(C)C. The third-order valence-corrected chi connectivity index (χ3v) is 3.64. The Morgan fingerprint density at radius 3 is 2.25 bits per heavy atom. The van der Waals surface area contributed by atoms with Gasteiger partial charge in [0, 0.05) is 13.0 Å². The fourth-order valence-electron chi connectivity index (χ4n) is 2.94. The van der Waals surface area contributed by atoms with Gasteiger partial charge in [-0.3, -0.25) is 0 Å². The molecule has 1 N–H and O–H groups in total. The fourth-order valence-corrected chi connectivity index (χ4v) is 2.94. The molecule has 3 atom stereocenters. The van der Waals surface area contributed by atoms with Gasteiger partial charge in [-0.15, -0.1) is 0 Å². The van der Waals surface area contributed by atoms with E-state index in [1.54, 1.807) is 7.11 Å². The van der Waals surface area contributed by atoms with Crippen molar-refractivity contribution in [1.82, 2.24) is 0 Å². The lowest BCUT2D eigenvalue weighted by atomic mass is 9.80. The summed E-state index contributed by atoms with van der Waals surface area (Å²) in [6.07, 6.45) is 1.15. The first-order valence-electron chi connectivity index (χ1n) is 6.14. The molecule has 0 aromatic carbocycles. The first-order valence-corrected chi connectivity index (χ1v) is 6.14. The third kappa shape index (κ3) is 2.76. The molecule has 3 unspecified atom stereocenters. The predicted octanol–water partition coefficient (Wildman–Crippen LogP) is 2.37. The topological polar surface area (TPSA) is 38.7 Å². The maximum atomic E-state index is 10.4. The van der Waals surface area contributed by atoms with Gasteiger partial charge in [-0.25, -0.2) is 0 Å². The highest BCUT2D eigenvalue weighted by Gasteiger charge is 2.50. The quantitative estimate of drug-likeness (QED) is 0.806. The Balaban J connectivity index is 2.80. The highest BCUT2D eigenvalue weighted by atomic mass is 16.5. The summed E-state index contributed by atoms with van der Waals surface area (Å²) in [4.78, 5) is 0. The van der Waals surface area contributed by atoms with Gasteiger partial charge in [-0.2, -0.15) is 0 Å².